The molecule has 4 nitrogen and oxygen atoms in total. The molecule has 210 valence electrons. The summed E-state index contributed by atoms with van der Waals surface area (Å²) < 4.78 is 0. The highest BCUT2D eigenvalue weighted by atomic mass is 15.5. The summed E-state index contributed by atoms with van der Waals surface area (Å²) in [5.74, 6) is 0. The minimum atomic E-state index is 0.855. The van der Waals surface area contributed by atoms with Crippen molar-refractivity contribution in [3.8, 4) is 39.1 Å². The molecule has 0 bridgehead atoms. The zero-order valence-corrected chi connectivity index (χ0v) is 24.3. The Morgan fingerprint density at radius 1 is 0.400 bits per heavy atom. The smallest absolute Gasteiger partial charge is 0.114 e. The predicted molar refractivity (Wildman–Crippen MR) is 185 cm³/mol. The number of fused-ring (bicyclic) bond motifs is 4. The number of nitrogens with zero attached hydrogens (tertiary/aromatic N) is 4. The van der Waals surface area contributed by atoms with Gasteiger partial charge >= 0.3 is 0 Å². The summed E-state index contributed by atoms with van der Waals surface area (Å²) in [6.07, 6.45) is 3.62. The van der Waals surface area contributed by atoms with Crippen LogP contribution >= 0.6 is 0 Å². The van der Waals surface area contributed by atoms with Crippen LogP contribution in [0.15, 0.2) is 158 Å². The molecule has 9 rings (SSSR count). The maximum Gasteiger partial charge on any atom is 0.114 e. The first kappa shape index (κ1) is 25.4. The van der Waals surface area contributed by atoms with Crippen LogP contribution in [-0.4, -0.2) is 20.0 Å². The maximum absolute atomic E-state index is 4.96. The normalized spacial score (nSPS) is 11.6. The van der Waals surface area contributed by atoms with Crippen molar-refractivity contribution >= 4 is 43.4 Å². The van der Waals surface area contributed by atoms with Gasteiger partial charge < -0.3 is 0 Å². The molecule has 0 unspecified atom stereocenters. The molecule has 0 aliphatic carbocycles. The molecule has 0 atom stereocenters. The lowest BCUT2D eigenvalue weighted by molar-refractivity contribution is 0.766. The number of rotatable bonds is 4. The van der Waals surface area contributed by atoms with Crippen LogP contribution < -0.4 is 0 Å². The summed E-state index contributed by atoms with van der Waals surface area (Å²) in [6, 6.07) is 51.6. The molecule has 2 heterocycles. The topological polar surface area (TPSA) is 43.6 Å². The molecule has 4 heteroatoms. The van der Waals surface area contributed by atoms with E-state index in [1.54, 1.807) is 4.80 Å². The highest BCUT2D eigenvalue weighted by molar-refractivity contribution is 6.23. The van der Waals surface area contributed by atoms with E-state index in [0.717, 1.165) is 33.4 Å². The van der Waals surface area contributed by atoms with E-state index in [1.807, 2.05) is 36.7 Å². The van der Waals surface area contributed by atoms with Gasteiger partial charge in [0.25, 0.3) is 0 Å². The lowest BCUT2D eigenvalue weighted by Gasteiger charge is -2.18. The molecule has 7 aromatic carbocycles. The van der Waals surface area contributed by atoms with Gasteiger partial charge in [0, 0.05) is 12.4 Å². The van der Waals surface area contributed by atoms with Crippen molar-refractivity contribution < 1.29 is 0 Å². The van der Waals surface area contributed by atoms with Crippen LogP contribution in [0, 0.1) is 0 Å². The third kappa shape index (κ3) is 4.19. The van der Waals surface area contributed by atoms with Gasteiger partial charge in [-0.15, -0.1) is 10.2 Å². The van der Waals surface area contributed by atoms with Crippen molar-refractivity contribution in [1.29, 1.82) is 0 Å². The van der Waals surface area contributed by atoms with Gasteiger partial charge in [-0.25, -0.2) is 0 Å². The van der Waals surface area contributed by atoms with Crippen LogP contribution in [0.4, 0.5) is 0 Å². The molecule has 0 saturated heterocycles. The molecule has 0 amide bonds. The summed E-state index contributed by atoms with van der Waals surface area (Å²) in [5.41, 5.74) is 9.68. The number of pyridine rings is 1. The van der Waals surface area contributed by atoms with Crippen molar-refractivity contribution in [2.75, 3.05) is 0 Å². The summed E-state index contributed by atoms with van der Waals surface area (Å²) in [7, 11) is 0. The fraction of sp³-hybridized carbons (Fsp3) is 0. The fourth-order valence-electron chi connectivity index (χ4n) is 6.71. The van der Waals surface area contributed by atoms with E-state index in [1.165, 1.54) is 49.0 Å². The molecule has 0 saturated carbocycles. The Morgan fingerprint density at radius 2 is 1.02 bits per heavy atom. The van der Waals surface area contributed by atoms with E-state index in [4.69, 9.17) is 10.2 Å². The Hall–Kier alpha value is -6.13. The van der Waals surface area contributed by atoms with Crippen molar-refractivity contribution in [1.82, 2.24) is 20.0 Å². The highest BCUT2D eigenvalue weighted by Gasteiger charge is 2.18. The summed E-state index contributed by atoms with van der Waals surface area (Å²) in [4.78, 5) is 5.89. The van der Waals surface area contributed by atoms with E-state index in [9.17, 15) is 0 Å². The molecule has 45 heavy (non-hydrogen) atoms. The van der Waals surface area contributed by atoms with E-state index >= 15 is 0 Å². The molecule has 0 radical (unpaired) electrons. The highest BCUT2D eigenvalue weighted by Crippen LogP contribution is 2.45. The average Bonchev–Trinajstić information content (AvgIpc) is 3.55. The molecule has 0 spiro atoms. The average molecular weight is 575 g/mol. The molecule has 9 aromatic rings. The zero-order valence-electron chi connectivity index (χ0n) is 24.3. The van der Waals surface area contributed by atoms with Crippen molar-refractivity contribution in [2.45, 2.75) is 0 Å². The Morgan fingerprint density at radius 3 is 1.78 bits per heavy atom. The van der Waals surface area contributed by atoms with Gasteiger partial charge in [-0.2, -0.15) is 4.80 Å². The molecule has 0 aliphatic rings. The van der Waals surface area contributed by atoms with E-state index in [-0.39, 0.29) is 0 Å². The Labute approximate surface area is 259 Å². The molecular weight excluding hydrogens is 548 g/mol. The van der Waals surface area contributed by atoms with Gasteiger partial charge in [0.2, 0.25) is 0 Å². The van der Waals surface area contributed by atoms with E-state index in [2.05, 4.69) is 126 Å². The SMILES string of the molecule is c1cc(-c2ccncc2)cc(-n2nc3ccc(-c4c5ccccc5c(-c5cccc6ccccc56)c5ccccc45)cc3n2)c1. The molecule has 0 aliphatic heterocycles. The van der Waals surface area contributed by atoms with Gasteiger partial charge in [0.15, 0.2) is 0 Å². The second-order valence-electron chi connectivity index (χ2n) is 11.3. The first-order chi connectivity index (χ1) is 22.3. The Kier molecular flexibility index (Phi) is 5.78. The largest absolute Gasteiger partial charge is 0.265 e. The monoisotopic (exact) mass is 574 g/mol. The fourth-order valence-corrected chi connectivity index (χ4v) is 6.71. The first-order valence-corrected chi connectivity index (χ1v) is 15.1. The molecule has 0 fully saturated rings. The third-order valence-corrected chi connectivity index (χ3v) is 8.75. The summed E-state index contributed by atoms with van der Waals surface area (Å²) in [6.45, 7) is 0. The molecule has 2 aromatic heterocycles. The Balaban J connectivity index is 1.24. The van der Waals surface area contributed by atoms with Gasteiger partial charge in [0.05, 0.1) is 5.69 Å². The molecular formula is C41H26N4. The van der Waals surface area contributed by atoms with Gasteiger partial charge in [-0.05, 0) is 102 Å². The van der Waals surface area contributed by atoms with E-state index < -0.39 is 0 Å². The second kappa shape index (κ2) is 10.2. The maximum atomic E-state index is 4.96. The zero-order chi connectivity index (χ0) is 29.7. The lowest BCUT2D eigenvalue weighted by Crippen LogP contribution is -1.98. The third-order valence-electron chi connectivity index (χ3n) is 8.75. The quantitative estimate of drug-likeness (QED) is 0.196. The number of hydrogen-bond donors (Lipinski definition) is 0. The standard InChI is InChI=1S/C41H26N4/c1-2-13-32-28(9-1)10-8-18-33(32)41-36-16-5-3-14-34(36)40(35-15-4-6-17-37(35)41)30-19-20-38-39(26-30)44-45(43-38)31-12-7-11-29(25-31)27-21-23-42-24-22-27/h1-26H. The lowest BCUT2D eigenvalue weighted by atomic mass is 9.85. The van der Waals surface area contributed by atoms with E-state index in [0.29, 0.717) is 0 Å². The number of hydrogen-bond acceptors (Lipinski definition) is 3. The first-order valence-electron chi connectivity index (χ1n) is 15.1. The predicted octanol–water partition coefficient (Wildman–Crippen LogP) is 10.3. The minimum absolute atomic E-state index is 0.855. The van der Waals surface area contributed by atoms with Crippen molar-refractivity contribution in [2.24, 2.45) is 0 Å². The van der Waals surface area contributed by atoms with Gasteiger partial charge in [-0.3, -0.25) is 4.98 Å². The van der Waals surface area contributed by atoms with Gasteiger partial charge in [0.1, 0.15) is 11.0 Å². The van der Waals surface area contributed by atoms with Crippen LogP contribution in [0.5, 0.6) is 0 Å². The number of benzene rings is 7. The van der Waals surface area contributed by atoms with Gasteiger partial charge in [-0.1, -0.05) is 109 Å². The van der Waals surface area contributed by atoms with Crippen LogP contribution in [0.1, 0.15) is 0 Å². The second-order valence-corrected chi connectivity index (χ2v) is 11.3. The number of aromatic nitrogens is 4. The van der Waals surface area contributed by atoms with Crippen molar-refractivity contribution in [3.63, 3.8) is 0 Å². The minimum Gasteiger partial charge on any atom is -0.265 e. The summed E-state index contributed by atoms with van der Waals surface area (Å²) >= 11 is 0. The van der Waals surface area contributed by atoms with Crippen LogP contribution in [0.25, 0.3) is 82.4 Å². The van der Waals surface area contributed by atoms with Crippen LogP contribution in [0.3, 0.4) is 0 Å². The molecule has 0 N–H and O–H groups in total. The Bertz CT molecular complexity index is 2480. The van der Waals surface area contributed by atoms with Crippen LogP contribution in [-0.2, 0) is 0 Å². The van der Waals surface area contributed by atoms with Crippen molar-refractivity contribution in [3.05, 3.63) is 158 Å². The van der Waals surface area contributed by atoms with Crippen LogP contribution in [0.2, 0.25) is 0 Å². The summed E-state index contributed by atoms with van der Waals surface area (Å²) in [5, 5.41) is 17.2.